The Morgan fingerprint density at radius 1 is 1.53 bits per heavy atom. The highest BCUT2D eigenvalue weighted by Gasteiger charge is 2.26. The number of alkyl halides is 2. The molecule has 15 heavy (non-hydrogen) atoms. The van der Waals surface area contributed by atoms with Crippen LogP contribution in [-0.2, 0) is 9.53 Å². The minimum atomic E-state index is -2.33. The van der Waals surface area contributed by atoms with E-state index in [1.165, 1.54) is 7.11 Å². The molecule has 0 saturated carbocycles. The van der Waals surface area contributed by atoms with E-state index in [2.05, 4.69) is 4.74 Å². The SMILES string of the molecule is COC(=O)CC1CCCCN1CC(F)F. The lowest BCUT2D eigenvalue weighted by Crippen LogP contribution is -2.43. The molecule has 0 aliphatic carbocycles. The first-order valence-corrected chi connectivity index (χ1v) is 5.22. The van der Waals surface area contributed by atoms with Crippen molar-refractivity contribution in [2.45, 2.75) is 38.2 Å². The predicted molar refractivity (Wildman–Crippen MR) is 51.8 cm³/mol. The number of piperidine rings is 1. The summed E-state index contributed by atoms with van der Waals surface area (Å²) in [6, 6.07) is -0.0693. The van der Waals surface area contributed by atoms with Crippen molar-refractivity contribution in [3.05, 3.63) is 0 Å². The highest BCUT2D eigenvalue weighted by molar-refractivity contribution is 5.69. The second-order valence-electron chi connectivity index (χ2n) is 3.82. The zero-order valence-corrected chi connectivity index (χ0v) is 8.92. The number of ether oxygens (including phenoxy) is 1. The van der Waals surface area contributed by atoms with E-state index in [9.17, 15) is 13.6 Å². The molecule has 1 unspecified atom stereocenters. The van der Waals surface area contributed by atoms with E-state index in [-0.39, 0.29) is 25.0 Å². The number of likely N-dealkylation sites (tertiary alicyclic amines) is 1. The highest BCUT2D eigenvalue weighted by Crippen LogP contribution is 2.20. The number of carbonyl (C=O) groups is 1. The van der Waals surface area contributed by atoms with Gasteiger partial charge in [0.25, 0.3) is 6.43 Å². The topological polar surface area (TPSA) is 29.5 Å². The number of carbonyl (C=O) groups excluding carboxylic acids is 1. The van der Waals surface area contributed by atoms with Crippen LogP contribution in [0.2, 0.25) is 0 Å². The summed E-state index contributed by atoms with van der Waals surface area (Å²) < 4.78 is 29.1. The van der Waals surface area contributed by atoms with Crippen molar-refractivity contribution < 1.29 is 18.3 Å². The molecule has 1 atom stereocenters. The van der Waals surface area contributed by atoms with Gasteiger partial charge >= 0.3 is 5.97 Å². The molecular formula is C10H17F2NO2. The lowest BCUT2D eigenvalue weighted by atomic mass is 9.99. The Hall–Kier alpha value is -0.710. The Kier molecular flexibility index (Phi) is 4.94. The van der Waals surface area contributed by atoms with Crippen LogP contribution in [0.5, 0.6) is 0 Å². The average molecular weight is 221 g/mol. The molecule has 88 valence electrons. The molecule has 0 aromatic heterocycles. The summed E-state index contributed by atoms with van der Waals surface area (Å²) >= 11 is 0. The van der Waals surface area contributed by atoms with Crippen LogP contribution in [-0.4, -0.2) is 43.5 Å². The minimum Gasteiger partial charge on any atom is -0.469 e. The van der Waals surface area contributed by atoms with Crippen LogP contribution in [0.4, 0.5) is 8.78 Å². The minimum absolute atomic E-state index is 0.0693. The molecule has 0 spiro atoms. The zero-order valence-electron chi connectivity index (χ0n) is 8.92. The third-order valence-corrected chi connectivity index (χ3v) is 2.75. The Morgan fingerprint density at radius 3 is 2.87 bits per heavy atom. The van der Waals surface area contributed by atoms with Crippen LogP contribution < -0.4 is 0 Å². The fourth-order valence-electron chi connectivity index (χ4n) is 1.98. The molecule has 1 rings (SSSR count). The number of nitrogens with zero attached hydrogens (tertiary/aromatic N) is 1. The second kappa shape index (κ2) is 6.00. The van der Waals surface area contributed by atoms with Crippen molar-refractivity contribution in [3.8, 4) is 0 Å². The van der Waals surface area contributed by atoms with Gasteiger partial charge in [0.05, 0.1) is 20.1 Å². The fourth-order valence-corrected chi connectivity index (χ4v) is 1.98. The number of hydrogen-bond donors (Lipinski definition) is 0. The molecule has 1 fully saturated rings. The molecule has 0 radical (unpaired) electrons. The summed E-state index contributed by atoms with van der Waals surface area (Å²) in [6.07, 6.45) is 0.639. The van der Waals surface area contributed by atoms with Crippen LogP contribution in [0, 0.1) is 0 Å². The molecule has 0 aromatic rings. The summed E-state index contributed by atoms with van der Waals surface area (Å²) in [5, 5.41) is 0. The van der Waals surface area contributed by atoms with E-state index in [0.29, 0.717) is 6.54 Å². The number of esters is 1. The molecule has 0 amide bonds. The third kappa shape index (κ3) is 4.11. The predicted octanol–water partition coefficient (Wildman–Crippen LogP) is 1.67. The van der Waals surface area contributed by atoms with Gasteiger partial charge in [-0.05, 0) is 19.4 Å². The Morgan fingerprint density at radius 2 is 2.27 bits per heavy atom. The molecule has 0 bridgehead atoms. The van der Waals surface area contributed by atoms with Gasteiger partial charge in [-0.3, -0.25) is 9.69 Å². The number of methoxy groups -OCH3 is 1. The van der Waals surface area contributed by atoms with Crippen molar-refractivity contribution in [2.24, 2.45) is 0 Å². The standard InChI is InChI=1S/C10H17F2NO2/c1-15-10(14)6-8-4-2-3-5-13(8)7-9(11)12/h8-9H,2-7H2,1H3. The lowest BCUT2D eigenvalue weighted by molar-refractivity contribution is -0.142. The largest absolute Gasteiger partial charge is 0.469 e. The van der Waals surface area contributed by atoms with Crippen molar-refractivity contribution >= 4 is 5.97 Å². The first-order chi connectivity index (χ1) is 7.13. The van der Waals surface area contributed by atoms with E-state index in [1.807, 2.05) is 0 Å². The monoisotopic (exact) mass is 221 g/mol. The highest BCUT2D eigenvalue weighted by atomic mass is 19.3. The number of halogens is 2. The Labute approximate surface area is 88.4 Å². The van der Waals surface area contributed by atoms with Gasteiger partial charge in [-0.2, -0.15) is 0 Å². The Balaban J connectivity index is 2.45. The van der Waals surface area contributed by atoms with Crippen LogP contribution >= 0.6 is 0 Å². The first kappa shape index (κ1) is 12.4. The van der Waals surface area contributed by atoms with Crippen LogP contribution in [0.1, 0.15) is 25.7 Å². The van der Waals surface area contributed by atoms with E-state index in [0.717, 1.165) is 19.3 Å². The summed E-state index contributed by atoms with van der Waals surface area (Å²) in [7, 11) is 1.32. The van der Waals surface area contributed by atoms with Crippen molar-refractivity contribution in [2.75, 3.05) is 20.2 Å². The second-order valence-corrected chi connectivity index (χ2v) is 3.82. The van der Waals surface area contributed by atoms with Crippen LogP contribution in [0.15, 0.2) is 0 Å². The number of rotatable bonds is 4. The van der Waals surface area contributed by atoms with Gasteiger partial charge in [-0.25, -0.2) is 8.78 Å². The zero-order chi connectivity index (χ0) is 11.3. The maximum absolute atomic E-state index is 12.3. The van der Waals surface area contributed by atoms with E-state index >= 15 is 0 Å². The maximum Gasteiger partial charge on any atom is 0.307 e. The van der Waals surface area contributed by atoms with E-state index in [1.54, 1.807) is 4.90 Å². The van der Waals surface area contributed by atoms with Gasteiger partial charge in [0, 0.05) is 6.04 Å². The van der Waals surface area contributed by atoms with E-state index in [4.69, 9.17) is 0 Å². The number of hydrogen-bond acceptors (Lipinski definition) is 3. The van der Waals surface area contributed by atoms with Gasteiger partial charge in [0.2, 0.25) is 0 Å². The molecule has 3 nitrogen and oxygen atoms in total. The summed E-state index contributed by atoms with van der Waals surface area (Å²) in [6.45, 7) is 0.424. The molecule has 5 heteroatoms. The van der Waals surface area contributed by atoms with Crippen molar-refractivity contribution in [1.29, 1.82) is 0 Å². The first-order valence-electron chi connectivity index (χ1n) is 5.22. The van der Waals surface area contributed by atoms with Crippen LogP contribution in [0.25, 0.3) is 0 Å². The molecule has 1 heterocycles. The molecule has 0 N–H and O–H groups in total. The third-order valence-electron chi connectivity index (χ3n) is 2.75. The van der Waals surface area contributed by atoms with E-state index < -0.39 is 6.43 Å². The normalized spacial score (nSPS) is 23.1. The quantitative estimate of drug-likeness (QED) is 0.676. The Bertz CT molecular complexity index is 212. The summed E-state index contributed by atoms with van der Waals surface area (Å²) in [5.74, 6) is -0.318. The summed E-state index contributed by atoms with van der Waals surface area (Å²) in [5.41, 5.74) is 0. The summed E-state index contributed by atoms with van der Waals surface area (Å²) in [4.78, 5) is 12.8. The van der Waals surface area contributed by atoms with Crippen molar-refractivity contribution in [1.82, 2.24) is 4.90 Å². The van der Waals surface area contributed by atoms with Gasteiger partial charge in [-0.15, -0.1) is 0 Å². The molecule has 1 aliphatic rings. The molecule has 0 aromatic carbocycles. The van der Waals surface area contributed by atoms with Gasteiger partial charge in [0.1, 0.15) is 0 Å². The van der Waals surface area contributed by atoms with Crippen LogP contribution in [0.3, 0.4) is 0 Å². The molecular weight excluding hydrogens is 204 g/mol. The lowest BCUT2D eigenvalue weighted by Gasteiger charge is -2.34. The average Bonchev–Trinajstić information content (AvgIpc) is 2.20. The maximum atomic E-state index is 12.3. The fraction of sp³-hybridized carbons (Fsp3) is 0.900. The van der Waals surface area contributed by atoms with Gasteiger partial charge < -0.3 is 4.74 Å². The van der Waals surface area contributed by atoms with Crippen molar-refractivity contribution in [3.63, 3.8) is 0 Å². The molecule has 1 aliphatic heterocycles. The van der Waals surface area contributed by atoms with Gasteiger partial charge in [-0.1, -0.05) is 6.42 Å². The molecule has 1 saturated heterocycles. The van der Waals surface area contributed by atoms with Gasteiger partial charge in [0.15, 0.2) is 0 Å². The smallest absolute Gasteiger partial charge is 0.307 e.